The molecule has 0 unspecified atom stereocenters. The van der Waals surface area contributed by atoms with Crippen LogP contribution < -0.4 is 20.5 Å². The Morgan fingerprint density at radius 2 is 1.89 bits per heavy atom. The summed E-state index contributed by atoms with van der Waals surface area (Å²) in [5.74, 6) is 0.951. The summed E-state index contributed by atoms with van der Waals surface area (Å²) in [6.07, 6.45) is 0. The van der Waals surface area contributed by atoms with Gasteiger partial charge in [-0.1, -0.05) is 6.07 Å². The third-order valence-electron chi connectivity index (χ3n) is 2.80. The van der Waals surface area contributed by atoms with Gasteiger partial charge in [-0.05, 0) is 31.5 Å². The number of rotatable bonds is 6. The van der Waals surface area contributed by atoms with Crippen molar-refractivity contribution in [3.05, 3.63) is 23.8 Å². The van der Waals surface area contributed by atoms with E-state index in [4.69, 9.17) is 15.2 Å². The van der Waals surface area contributed by atoms with Crippen LogP contribution in [0.3, 0.4) is 0 Å². The van der Waals surface area contributed by atoms with Crippen molar-refractivity contribution in [3.63, 3.8) is 0 Å². The minimum absolute atomic E-state index is 0.386. The third-order valence-corrected chi connectivity index (χ3v) is 2.80. The zero-order valence-electron chi connectivity index (χ0n) is 11.2. The normalized spacial score (nSPS) is 11.1. The molecule has 0 aliphatic heterocycles. The molecule has 1 amide bonds. The molecule has 0 heterocycles. The average Bonchev–Trinajstić information content (AvgIpc) is 2.35. The lowest BCUT2D eigenvalue weighted by Crippen LogP contribution is -2.50. The van der Waals surface area contributed by atoms with E-state index in [2.05, 4.69) is 5.32 Å². The van der Waals surface area contributed by atoms with Gasteiger partial charge in [-0.3, -0.25) is 10.1 Å². The van der Waals surface area contributed by atoms with Crippen LogP contribution in [0.1, 0.15) is 19.4 Å². The highest BCUT2D eigenvalue weighted by atomic mass is 16.5. The standard InChI is InChI=1S/C13H20N2O3/c1-13(2,12(14)16)15-8-9-5-6-10(17-3)11(7-9)18-4/h5-7,15H,8H2,1-4H3,(H2,14,16). The van der Waals surface area contributed by atoms with Gasteiger partial charge < -0.3 is 15.2 Å². The Balaban J connectivity index is 2.77. The Morgan fingerprint density at radius 1 is 1.28 bits per heavy atom. The molecule has 0 atom stereocenters. The first-order valence-corrected chi connectivity index (χ1v) is 5.66. The van der Waals surface area contributed by atoms with Crippen LogP contribution >= 0.6 is 0 Å². The highest BCUT2D eigenvalue weighted by Gasteiger charge is 2.23. The molecular weight excluding hydrogens is 232 g/mol. The van der Waals surface area contributed by atoms with E-state index in [1.54, 1.807) is 28.1 Å². The van der Waals surface area contributed by atoms with Crippen molar-refractivity contribution in [1.82, 2.24) is 5.32 Å². The third kappa shape index (κ3) is 3.37. The van der Waals surface area contributed by atoms with Gasteiger partial charge in [0.05, 0.1) is 19.8 Å². The Labute approximate surface area is 107 Å². The molecule has 0 radical (unpaired) electrons. The first-order chi connectivity index (χ1) is 8.40. The number of ether oxygens (including phenoxy) is 2. The largest absolute Gasteiger partial charge is 0.493 e. The molecule has 5 nitrogen and oxygen atoms in total. The average molecular weight is 252 g/mol. The topological polar surface area (TPSA) is 73.6 Å². The zero-order valence-corrected chi connectivity index (χ0v) is 11.2. The quantitative estimate of drug-likeness (QED) is 0.794. The summed E-state index contributed by atoms with van der Waals surface area (Å²) in [7, 11) is 3.17. The van der Waals surface area contributed by atoms with Crippen molar-refractivity contribution < 1.29 is 14.3 Å². The molecule has 0 aromatic heterocycles. The molecule has 0 saturated heterocycles. The molecule has 0 aliphatic carbocycles. The van der Waals surface area contributed by atoms with Crippen LogP contribution in [0, 0.1) is 0 Å². The van der Waals surface area contributed by atoms with Gasteiger partial charge in [0.15, 0.2) is 11.5 Å². The lowest BCUT2D eigenvalue weighted by molar-refractivity contribution is -0.123. The van der Waals surface area contributed by atoms with Gasteiger partial charge in [0.1, 0.15) is 0 Å². The van der Waals surface area contributed by atoms with Crippen LogP contribution in [0.2, 0.25) is 0 Å². The Hall–Kier alpha value is -1.75. The molecule has 1 aromatic carbocycles. The fraction of sp³-hybridized carbons (Fsp3) is 0.462. The van der Waals surface area contributed by atoms with E-state index in [1.807, 2.05) is 18.2 Å². The maximum Gasteiger partial charge on any atom is 0.237 e. The van der Waals surface area contributed by atoms with Gasteiger partial charge in [-0.15, -0.1) is 0 Å². The lowest BCUT2D eigenvalue weighted by atomic mass is 10.0. The summed E-state index contributed by atoms with van der Waals surface area (Å²) < 4.78 is 10.4. The predicted octanol–water partition coefficient (Wildman–Crippen LogP) is 1.06. The summed E-state index contributed by atoms with van der Waals surface area (Å²) in [4.78, 5) is 11.2. The molecule has 5 heteroatoms. The Bertz CT molecular complexity index is 430. The molecular formula is C13H20N2O3. The van der Waals surface area contributed by atoms with Crippen LogP contribution in [-0.2, 0) is 11.3 Å². The highest BCUT2D eigenvalue weighted by molar-refractivity contribution is 5.83. The summed E-state index contributed by atoms with van der Waals surface area (Å²) in [6, 6.07) is 5.60. The molecule has 0 saturated carbocycles. The van der Waals surface area contributed by atoms with Gasteiger partial charge in [0.2, 0.25) is 5.91 Å². The fourth-order valence-corrected chi connectivity index (χ4v) is 1.40. The van der Waals surface area contributed by atoms with E-state index in [1.165, 1.54) is 0 Å². The van der Waals surface area contributed by atoms with E-state index >= 15 is 0 Å². The molecule has 0 aliphatic rings. The van der Waals surface area contributed by atoms with Crippen LogP contribution in [-0.4, -0.2) is 25.7 Å². The second-order valence-corrected chi connectivity index (χ2v) is 4.53. The smallest absolute Gasteiger partial charge is 0.237 e. The second kappa shape index (κ2) is 5.73. The summed E-state index contributed by atoms with van der Waals surface area (Å²) in [6.45, 7) is 4.02. The molecule has 18 heavy (non-hydrogen) atoms. The summed E-state index contributed by atoms with van der Waals surface area (Å²) in [5.41, 5.74) is 5.54. The number of carbonyl (C=O) groups is 1. The number of nitrogens with two attached hydrogens (primary N) is 1. The number of hydrogen-bond donors (Lipinski definition) is 2. The number of carbonyl (C=O) groups excluding carboxylic acids is 1. The predicted molar refractivity (Wildman–Crippen MR) is 69.7 cm³/mol. The molecule has 0 fully saturated rings. The van der Waals surface area contributed by atoms with Gasteiger partial charge in [-0.2, -0.15) is 0 Å². The first kappa shape index (κ1) is 14.3. The van der Waals surface area contributed by atoms with Crippen molar-refractivity contribution in [2.24, 2.45) is 5.73 Å². The summed E-state index contributed by atoms with van der Waals surface area (Å²) in [5, 5.41) is 3.09. The van der Waals surface area contributed by atoms with Gasteiger partial charge in [0.25, 0.3) is 0 Å². The van der Waals surface area contributed by atoms with E-state index in [0.717, 1.165) is 5.56 Å². The molecule has 1 aromatic rings. The number of nitrogens with one attached hydrogen (secondary N) is 1. The monoisotopic (exact) mass is 252 g/mol. The van der Waals surface area contributed by atoms with Crippen LogP contribution in [0.4, 0.5) is 0 Å². The van der Waals surface area contributed by atoms with Crippen molar-refractivity contribution in [2.45, 2.75) is 25.9 Å². The van der Waals surface area contributed by atoms with Crippen LogP contribution in [0.5, 0.6) is 11.5 Å². The number of benzene rings is 1. The summed E-state index contributed by atoms with van der Waals surface area (Å²) >= 11 is 0. The van der Waals surface area contributed by atoms with Gasteiger partial charge >= 0.3 is 0 Å². The molecule has 0 bridgehead atoms. The van der Waals surface area contributed by atoms with Crippen molar-refractivity contribution in [2.75, 3.05) is 14.2 Å². The number of primary amides is 1. The van der Waals surface area contributed by atoms with Gasteiger partial charge in [0, 0.05) is 6.54 Å². The fourth-order valence-electron chi connectivity index (χ4n) is 1.40. The maximum absolute atomic E-state index is 11.2. The Kier molecular flexibility index (Phi) is 4.55. The zero-order chi connectivity index (χ0) is 13.8. The number of hydrogen-bond acceptors (Lipinski definition) is 4. The van der Waals surface area contributed by atoms with E-state index in [-0.39, 0.29) is 5.91 Å². The first-order valence-electron chi connectivity index (χ1n) is 5.66. The van der Waals surface area contributed by atoms with Crippen LogP contribution in [0.15, 0.2) is 18.2 Å². The van der Waals surface area contributed by atoms with Crippen molar-refractivity contribution in [3.8, 4) is 11.5 Å². The molecule has 3 N–H and O–H groups in total. The van der Waals surface area contributed by atoms with Crippen LogP contribution in [0.25, 0.3) is 0 Å². The highest BCUT2D eigenvalue weighted by Crippen LogP contribution is 2.27. The molecule has 1 rings (SSSR count). The second-order valence-electron chi connectivity index (χ2n) is 4.53. The molecule has 100 valence electrons. The van der Waals surface area contributed by atoms with Gasteiger partial charge in [-0.25, -0.2) is 0 Å². The SMILES string of the molecule is COc1ccc(CNC(C)(C)C(N)=O)cc1OC. The minimum atomic E-state index is -0.743. The van der Waals surface area contributed by atoms with Crippen molar-refractivity contribution >= 4 is 5.91 Å². The van der Waals surface area contributed by atoms with Crippen molar-refractivity contribution in [1.29, 1.82) is 0 Å². The lowest BCUT2D eigenvalue weighted by Gasteiger charge is -2.22. The number of amides is 1. The Morgan fingerprint density at radius 3 is 2.39 bits per heavy atom. The minimum Gasteiger partial charge on any atom is -0.493 e. The maximum atomic E-state index is 11.2. The van der Waals surface area contributed by atoms with E-state index in [9.17, 15) is 4.79 Å². The molecule has 0 spiro atoms. The van der Waals surface area contributed by atoms with E-state index < -0.39 is 5.54 Å². The number of methoxy groups -OCH3 is 2. The van der Waals surface area contributed by atoms with E-state index in [0.29, 0.717) is 18.0 Å².